The Morgan fingerprint density at radius 1 is 1.27 bits per heavy atom. The van der Waals surface area contributed by atoms with Gasteiger partial charge in [0.05, 0.1) is 0 Å². The third-order valence-corrected chi connectivity index (χ3v) is 5.03. The van der Waals surface area contributed by atoms with Crippen LogP contribution >= 0.6 is 10.7 Å². The summed E-state index contributed by atoms with van der Waals surface area (Å²) in [6.45, 7) is 1.05. The van der Waals surface area contributed by atoms with Crippen molar-refractivity contribution < 1.29 is 30.7 Å². The molecule has 0 saturated heterocycles. The lowest BCUT2D eigenvalue weighted by molar-refractivity contribution is -0.142. The Bertz CT molecular complexity index is 1080. The summed E-state index contributed by atoms with van der Waals surface area (Å²) in [4.78, 5) is 3.15. The Morgan fingerprint density at radius 2 is 2.00 bits per heavy atom. The van der Waals surface area contributed by atoms with Crippen LogP contribution < -0.4 is 4.74 Å². The number of furan rings is 1. The van der Waals surface area contributed by atoms with Crippen molar-refractivity contribution in [2.45, 2.75) is 24.6 Å². The van der Waals surface area contributed by atoms with E-state index in [1.165, 1.54) is 37.3 Å². The van der Waals surface area contributed by atoms with Gasteiger partial charge in [0.1, 0.15) is 28.6 Å². The molecule has 0 bridgehead atoms. The molecular formula is C16H11ClF3NO4S. The summed E-state index contributed by atoms with van der Waals surface area (Å²) in [6, 6.07) is 6.89. The molecule has 0 radical (unpaired) electrons. The Morgan fingerprint density at radius 3 is 2.65 bits per heavy atom. The number of aromatic nitrogens is 1. The van der Waals surface area contributed by atoms with Crippen molar-refractivity contribution in [3.05, 3.63) is 53.5 Å². The fraction of sp³-hybridized carbons (Fsp3) is 0.188. The standard InChI is InChI=1S/C16H11ClF3NO4S/c1-9-14(26(17,22)23)12-7-11(4-5-13(12)25-9)24-8-10-3-2-6-21-15(10)16(18,19)20/h2-7H,8H2,1H3. The van der Waals surface area contributed by atoms with Gasteiger partial charge in [-0.1, -0.05) is 6.07 Å². The zero-order valence-electron chi connectivity index (χ0n) is 13.2. The number of aryl methyl sites for hydroxylation is 1. The van der Waals surface area contributed by atoms with Gasteiger partial charge in [-0.05, 0) is 31.2 Å². The molecule has 2 heterocycles. The van der Waals surface area contributed by atoms with E-state index in [2.05, 4.69) is 4.98 Å². The molecular weight excluding hydrogens is 395 g/mol. The molecule has 5 nitrogen and oxygen atoms in total. The fourth-order valence-electron chi connectivity index (χ4n) is 2.54. The number of nitrogens with zero attached hydrogens (tertiary/aromatic N) is 1. The van der Waals surface area contributed by atoms with Crippen LogP contribution in [0.25, 0.3) is 11.0 Å². The molecule has 3 aromatic rings. The normalized spacial score (nSPS) is 12.5. The fourth-order valence-corrected chi connectivity index (χ4v) is 3.92. The zero-order valence-corrected chi connectivity index (χ0v) is 14.7. The van der Waals surface area contributed by atoms with Crippen molar-refractivity contribution in [1.82, 2.24) is 4.98 Å². The molecule has 0 saturated carbocycles. The molecule has 26 heavy (non-hydrogen) atoms. The first-order valence-electron chi connectivity index (χ1n) is 7.19. The van der Waals surface area contributed by atoms with Crippen LogP contribution in [0.3, 0.4) is 0 Å². The lowest BCUT2D eigenvalue weighted by Gasteiger charge is -2.12. The van der Waals surface area contributed by atoms with Gasteiger partial charge < -0.3 is 9.15 Å². The molecule has 3 rings (SSSR count). The first kappa shape index (κ1) is 18.5. The van der Waals surface area contributed by atoms with Gasteiger partial charge in [-0.3, -0.25) is 4.98 Å². The molecule has 0 atom stereocenters. The molecule has 2 aromatic heterocycles. The lowest BCUT2D eigenvalue weighted by Crippen LogP contribution is -2.13. The SMILES string of the molecule is Cc1oc2ccc(OCc3cccnc3C(F)(F)F)cc2c1S(=O)(=O)Cl. The van der Waals surface area contributed by atoms with Gasteiger partial charge >= 0.3 is 6.18 Å². The summed E-state index contributed by atoms with van der Waals surface area (Å²) >= 11 is 0. The van der Waals surface area contributed by atoms with E-state index in [0.717, 1.165) is 6.20 Å². The highest BCUT2D eigenvalue weighted by atomic mass is 35.7. The van der Waals surface area contributed by atoms with Crippen molar-refractivity contribution >= 4 is 30.7 Å². The minimum atomic E-state index is -4.61. The molecule has 0 spiro atoms. The Balaban J connectivity index is 1.94. The van der Waals surface area contributed by atoms with Crippen molar-refractivity contribution in [2.24, 2.45) is 0 Å². The first-order valence-corrected chi connectivity index (χ1v) is 9.50. The summed E-state index contributed by atoms with van der Waals surface area (Å²) in [5.41, 5.74) is -0.913. The number of ether oxygens (including phenoxy) is 1. The Labute approximate surface area is 150 Å². The number of alkyl halides is 3. The van der Waals surface area contributed by atoms with Crippen LogP contribution in [-0.2, 0) is 21.8 Å². The Hall–Kier alpha value is -2.26. The minimum absolute atomic E-state index is 0.110. The van der Waals surface area contributed by atoms with Crippen molar-refractivity contribution in [1.29, 1.82) is 0 Å². The maximum atomic E-state index is 13.0. The third kappa shape index (κ3) is 3.63. The second-order valence-corrected chi connectivity index (χ2v) is 7.88. The minimum Gasteiger partial charge on any atom is -0.489 e. The second kappa shape index (κ2) is 6.48. The maximum Gasteiger partial charge on any atom is 0.433 e. The van der Waals surface area contributed by atoms with Gasteiger partial charge in [0.25, 0.3) is 9.05 Å². The smallest absolute Gasteiger partial charge is 0.433 e. The van der Waals surface area contributed by atoms with Crippen LogP contribution in [0.5, 0.6) is 5.75 Å². The number of hydrogen-bond acceptors (Lipinski definition) is 5. The largest absolute Gasteiger partial charge is 0.489 e. The van der Waals surface area contributed by atoms with Crippen LogP contribution in [0, 0.1) is 6.92 Å². The molecule has 0 unspecified atom stereocenters. The van der Waals surface area contributed by atoms with E-state index in [4.69, 9.17) is 19.8 Å². The monoisotopic (exact) mass is 405 g/mol. The molecule has 0 aliphatic heterocycles. The van der Waals surface area contributed by atoms with Crippen molar-refractivity contribution in [3.8, 4) is 5.75 Å². The van der Waals surface area contributed by atoms with E-state index in [1.807, 2.05) is 0 Å². The number of rotatable bonds is 4. The van der Waals surface area contributed by atoms with E-state index >= 15 is 0 Å². The second-order valence-electron chi connectivity index (χ2n) is 5.38. The molecule has 138 valence electrons. The number of pyridine rings is 1. The predicted molar refractivity (Wildman–Crippen MR) is 87.6 cm³/mol. The quantitative estimate of drug-likeness (QED) is 0.590. The summed E-state index contributed by atoms with van der Waals surface area (Å²) in [5.74, 6) is 0.274. The molecule has 1 aromatic carbocycles. The van der Waals surface area contributed by atoms with Crippen LogP contribution in [0.4, 0.5) is 13.2 Å². The maximum absolute atomic E-state index is 13.0. The van der Waals surface area contributed by atoms with Crippen molar-refractivity contribution in [2.75, 3.05) is 0 Å². The van der Waals surface area contributed by atoms with E-state index in [9.17, 15) is 21.6 Å². The van der Waals surface area contributed by atoms with E-state index in [-0.39, 0.29) is 32.9 Å². The molecule has 0 aliphatic carbocycles. The lowest BCUT2D eigenvalue weighted by atomic mass is 10.2. The summed E-state index contributed by atoms with van der Waals surface area (Å²) in [6.07, 6.45) is -3.56. The number of fused-ring (bicyclic) bond motifs is 1. The van der Waals surface area contributed by atoms with E-state index in [1.54, 1.807) is 0 Å². The van der Waals surface area contributed by atoms with Gasteiger partial charge in [-0.15, -0.1) is 0 Å². The van der Waals surface area contributed by atoms with Gasteiger partial charge in [0.15, 0.2) is 5.69 Å². The average Bonchev–Trinajstić information content (AvgIpc) is 2.87. The van der Waals surface area contributed by atoms with Crippen molar-refractivity contribution in [3.63, 3.8) is 0 Å². The third-order valence-electron chi connectivity index (χ3n) is 3.58. The predicted octanol–water partition coefficient (Wildman–Crippen LogP) is 4.66. The zero-order chi connectivity index (χ0) is 19.1. The number of halogens is 4. The molecule has 0 aliphatic rings. The molecule has 0 fully saturated rings. The van der Waals surface area contributed by atoms with Crippen LogP contribution in [0.2, 0.25) is 0 Å². The molecule has 0 N–H and O–H groups in total. The van der Waals surface area contributed by atoms with Gasteiger partial charge in [-0.2, -0.15) is 13.2 Å². The topological polar surface area (TPSA) is 69.4 Å². The highest BCUT2D eigenvalue weighted by Crippen LogP contribution is 2.35. The Kier molecular flexibility index (Phi) is 4.61. The van der Waals surface area contributed by atoms with Crippen LogP contribution in [-0.4, -0.2) is 13.4 Å². The average molecular weight is 406 g/mol. The molecule has 10 heteroatoms. The highest BCUT2D eigenvalue weighted by Gasteiger charge is 2.35. The van der Waals surface area contributed by atoms with E-state index < -0.39 is 27.5 Å². The summed E-state index contributed by atoms with van der Waals surface area (Å²) < 4.78 is 73.0. The van der Waals surface area contributed by atoms with Gasteiger partial charge in [-0.25, -0.2) is 8.42 Å². The van der Waals surface area contributed by atoms with Gasteiger partial charge in [0.2, 0.25) is 0 Å². The summed E-state index contributed by atoms with van der Waals surface area (Å²) in [5, 5.41) is 0.192. The highest BCUT2D eigenvalue weighted by molar-refractivity contribution is 8.14. The number of hydrogen-bond donors (Lipinski definition) is 0. The van der Waals surface area contributed by atoms with Gasteiger partial charge in [0, 0.05) is 27.8 Å². The van der Waals surface area contributed by atoms with Crippen LogP contribution in [0.15, 0.2) is 45.8 Å². The van der Waals surface area contributed by atoms with E-state index in [0.29, 0.717) is 0 Å². The molecule has 0 amide bonds. The summed E-state index contributed by atoms with van der Waals surface area (Å²) in [7, 11) is 1.36. The number of benzene rings is 1. The first-order chi connectivity index (χ1) is 12.1. The van der Waals surface area contributed by atoms with Crippen LogP contribution in [0.1, 0.15) is 17.0 Å².